The summed E-state index contributed by atoms with van der Waals surface area (Å²) in [6, 6.07) is 8.36. The molecule has 3 aromatic rings. The van der Waals surface area contributed by atoms with Crippen LogP contribution in [0.4, 0.5) is 16.5 Å². The zero-order chi connectivity index (χ0) is 24.1. The van der Waals surface area contributed by atoms with Crippen LogP contribution in [0.15, 0.2) is 36.4 Å². The van der Waals surface area contributed by atoms with Crippen LogP contribution >= 0.6 is 11.3 Å². The summed E-state index contributed by atoms with van der Waals surface area (Å²) < 4.78 is 6.17. The van der Waals surface area contributed by atoms with E-state index in [0.29, 0.717) is 22.9 Å². The normalized spacial score (nSPS) is 11.0. The summed E-state index contributed by atoms with van der Waals surface area (Å²) in [7, 11) is 1.53. The smallest absolute Gasteiger partial charge is 0.277 e. The highest BCUT2D eigenvalue weighted by Gasteiger charge is 2.26. The lowest BCUT2D eigenvalue weighted by Gasteiger charge is -2.24. The van der Waals surface area contributed by atoms with Gasteiger partial charge >= 0.3 is 0 Å². The van der Waals surface area contributed by atoms with Gasteiger partial charge in [-0.05, 0) is 25.2 Å². The maximum atomic E-state index is 13.5. The number of aromatic nitrogens is 1. The molecule has 0 radical (unpaired) electrons. The minimum absolute atomic E-state index is 0.151. The van der Waals surface area contributed by atoms with Gasteiger partial charge in [0, 0.05) is 25.2 Å². The predicted molar refractivity (Wildman–Crippen MR) is 125 cm³/mol. The highest BCUT2D eigenvalue weighted by Crippen LogP contribution is 2.35. The molecule has 2 aromatic carbocycles. The Hall–Kier alpha value is -3.64. The number of ether oxygens (including phenoxy) is 1. The average Bonchev–Trinajstić information content (AvgIpc) is 3.25. The fourth-order valence-electron chi connectivity index (χ4n) is 3.34. The second kappa shape index (κ2) is 10.3. The Kier molecular flexibility index (Phi) is 7.51. The minimum atomic E-state index is -0.757. The summed E-state index contributed by atoms with van der Waals surface area (Å²) in [5.74, 6) is -0.0518. The fourth-order valence-corrected chi connectivity index (χ4v) is 4.35. The summed E-state index contributed by atoms with van der Waals surface area (Å²) in [6.45, 7) is 6.33. The number of anilines is 1. The lowest BCUT2D eigenvalue weighted by Crippen LogP contribution is -2.39. The van der Waals surface area contributed by atoms with Gasteiger partial charge in [-0.25, -0.2) is 4.98 Å². The van der Waals surface area contributed by atoms with E-state index in [1.54, 1.807) is 6.07 Å². The van der Waals surface area contributed by atoms with Gasteiger partial charge in [0.2, 0.25) is 0 Å². The van der Waals surface area contributed by atoms with E-state index in [0.717, 1.165) is 36.0 Å². The summed E-state index contributed by atoms with van der Waals surface area (Å²) in [5, 5.41) is 23.0. The van der Waals surface area contributed by atoms with Crippen molar-refractivity contribution in [2.75, 3.05) is 38.2 Å². The first-order chi connectivity index (χ1) is 15.8. The van der Waals surface area contributed by atoms with Crippen LogP contribution in [0.5, 0.6) is 5.75 Å². The predicted octanol–water partition coefficient (Wildman–Crippen LogP) is 4.11. The van der Waals surface area contributed by atoms with E-state index in [1.165, 1.54) is 23.3 Å². The van der Waals surface area contributed by atoms with Gasteiger partial charge in [0.15, 0.2) is 5.13 Å². The Morgan fingerprint density at radius 2 is 1.70 bits per heavy atom. The third-order valence-electron chi connectivity index (χ3n) is 5.17. The molecule has 0 bridgehead atoms. The second-order valence-corrected chi connectivity index (χ2v) is 8.05. The molecule has 0 aliphatic rings. The van der Waals surface area contributed by atoms with Gasteiger partial charge in [0.1, 0.15) is 11.3 Å². The first kappa shape index (κ1) is 24.0. The summed E-state index contributed by atoms with van der Waals surface area (Å²) >= 11 is 1.27. The van der Waals surface area contributed by atoms with Crippen molar-refractivity contribution in [3.05, 3.63) is 62.2 Å². The van der Waals surface area contributed by atoms with Crippen LogP contribution in [-0.4, -0.2) is 58.9 Å². The van der Waals surface area contributed by atoms with Gasteiger partial charge in [-0.3, -0.25) is 29.9 Å². The maximum absolute atomic E-state index is 13.5. The fraction of sp³-hybridized carbons (Fsp3) is 0.333. The van der Waals surface area contributed by atoms with E-state index < -0.39 is 27.1 Å². The molecule has 0 unspecified atom stereocenters. The lowest BCUT2D eigenvalue weighted by atomic mass is 10.1. The standard InChI is InChI=1S/C21H23N5O6S/c1-4-23(5-2)9-10-24(21-22-19-17(32-3)7-6-8-18(19)33-21)20(27)14-11-15(25(28)29)13-16(12-14)26(30)31/h6-8,11-13H,4-5,9-10H2,1-3H3. The Balaban J connectivity index is 2.09. The van der Waals surface area contributed by atoms with Crippen molar-refractivity contribution in [3.63, 3.8) is 0 Å². The van der Waals surface area contributed by atoms with Crippen molar-refractivity contribution in [1.29, 1.82) is 0 Å². The zero-order valence-corrected chi connectivity index (χ0v) is 19.2. The molecular weight excluding hydrogens is 450 g/mol. The van der Waals surface area contributed by atoms with Crippen LogP contribution in [0.3, 0.4) is 0 Å². The molecule has 1 aromatic heterocycles. The monoisotopic (exact) mass is 473 g/mol. The number of thiazole rings is 1. The molecule has 0 aliphatic carbocycles. The average molecular weight is 474 g/mol. The maximum Gasteiger partial charge on any atom is 0.277 e. The lowest BCUT2D eigenvalue weighted by molar-refractivity contribution is -0.394. The highest BCUT2D eigenvalue weighted by molar-refractivity contribution is 7.22. The second-order valence-electron chi connectivity index (χ2n) is 7.04. The molecule has 3 rings (SSSR count). The van der Waals surface area contributed by atoms with Gasteiger partial charge in [0.25, 0.3) is 17.3 Å². The third-order valence-corrected chi connectivity index (χ3v) is 6.22. The number of methoxy groups -OCH3 is 1. The van der Waals surface area contributed by atoms with Crippen molar-refractivity contribution in [2.45, 2.75) is 13.8 Å². The summed E-state index contributed by atoms with van der Waals surface area (Å²) in [5.41, 5.74) is -0.614. The van der Waals surface area contributed by atoms with Crippen molar-refractivity contribution >= 4 is 44.0 Å². The molecule has 11 nitrogen and oxygen atoms in total. The highest BCUT2D eigenvalue weighted by atomic mass is 32.1. The number of fused-ring (bicyclic) bond motifs is 1. The number of nitro groups is 2. The molecule has 0 saturated heterocycles. The van der Waals surface area contributed by atoms with Gasteiger partial charge < -0.3 is 9.64 Å². The van der Waals surface area contributed by atoms with Crippen molar-refractivity contribution in [2.24, 2.45) is 0 Å². The topological polar surface area (TPSA) is 132 Å². The van der Waals surface area contributed by atoms with E-state index in [1.807, 2.05) is 26.0 Å². The largest absolute Gasteiger partial charge is 0.494 e. The molecule has 0 spiro atoms. The number of nitro benzene ring substituents is 2. The van der Waals surface area contributed by atoms with Crippen LogP contribution in [0.1, 0.15) is 24.2 Å². The molecule has 0 N–H and O–H groups in total. The van der Waals surface area contributed by atoms with Gasteiger partial charge in [-0.2, -0.15) is 0 Å². The number of amides is 1. The Bertz CT molecular complexity index is 1160. The summed E-state index contributed by atoms with van der Waals surface area (Å²) in [4.78, 5) is 42.7. The molecular formula is C21H23N5O6S. The number of rotatable bonds is 10. The Morgan fingerprint density at radius 1 is 1.06 bits per heavy atom. The molecule has 1 amide bonds. The number of non-ortho nitro benzene ring substituents is 2. The quantitative estimate of drug-likeness (QED) is 0.317. The van der Waals surface area contributed by atoms with Gasteiger partial charge in [-0.1, -0.05) is 31.3 Å². The van der Waals surface area contributed by atoms with Gasteiger partial charge in [0.05, 0.1) is 33.3 Å². The zero-order valence-electron chi connectivity index (χ0n) is 18.4. The van der Waals surface area contributed by atoms with E-state index in [4.69, 9.17) is 4.74 Å². The van der Waals surface area contributed by atoms with Crippen LogP contribution in [0.2, 0.25) is 0 Å². The first-order valence-electron chi connectivity index (χ1n) is 10.2. The van der Waals surface area contributed by atoms with E-state index in [9.17, 15) is 25.0 Å². The van der Waals surface area contributed by atoms with E-state index >= 15 is 0 Å². The van der Waals surface area contributed by atoms with E-state index in [2.05, 4.69) is 9.88 Å². The van der Waals surface area contributed by atoms with Gasteiger partial charge in [-0.15, -0.1) is 0 Å². The molecule has 1 heterocycles. The van der Waals surface area contributed by atoms with Crippen LogP contribution in [0, 0.1) is 20.2 Å². The molecule has 0 saturated carbocycles. The molecule has 12 heteroatoms. The van der Waals surface area contributed by atoms with Crippen LogP contribution < -0.4 is 9.64 Å². The molecule has 0 aliphatic heterocycles. The SMILES string of the molecule is CCN(CC)CCN(C(=O)c1cc([N+](=O)[O-])cc([N+](=O)[O-])c1)c1nc2c(OC)cccc2s1. The van der Waals surface area contributed by atoms with Crippen molar-refractivity contribution in [1.82, 2.24) is 9.88 Å². The molecule has 0 fully saturated rings. The number of carbonyl (C=O) groups is 1. The number of nitrogens with zero attached hydrogens (tertiary/aromatic N) is 5. The summed E-state index contributed by atoms with van der Waals surface area (Å²) in [6.07, 6.45) is 0. The molecule has 174 valence electrons. The number of likely N-dealkylation sites (N-methyl/N-ethyl adjacent to an activating group) is 1. The number of hydrogen-bond acceptors (Lipinski definition) is 9. The minimum Gasteiger partial charge on any atom is -0.494 e. The molecule has 0 atom stereocenters. The van der Waals surface area contributed by atoms with Crippen molar-refractivity contribution < 1.29 is 19.4 Å². The molecule has 33 heavy (non-hydrogen) atoms. The Morgan fingerprint density at radius 3 is 2.24 bits per heavy atom. The first-order valence-corrected chi connectivity index (χ1v) is 11.0. The Labute approximate surface area is 193 Å². The number of benzene rings is 2. The number of hydrogen-bond donors (Lipinski definition) is 0. The number of carbonyl (C=O) groups excluding carboxylic acids is 1. The number of para-hydroxylation sites is 1. The third kappa shape index (κ3) is 5.23. The van der Waals surface area contributed by atoms with Crippen LogP contribution in [0.25, 0.3) is 10.2 Å². The van der Waals surface area contributed by atoms with E-state index in [-0.39, 0.29) is 12.1 Å². The van der Waals surface area contributed by atoms with Crippen LogP contribution in [-0.2, 0) is 0 Å². The van der Waals surface area contributed by atoms with Crippen molar-refractivity contribution in [3.8, 4) is 5.75 Å².